The van der Waals surface area contributed by atoms with Gasteiger partial charge in [0.15, 0.2) is 0 Å². The summed E-state index contributed by atoms with van der Waals surface area (Å²) >= 11 is 0. The monoisotopic (exact) mass is 710 g/mol. The molecule has 0 amide bonds. The molecule has 13 heteroatoms. The van der Waals surface area contributed by atoms with E-state index in [1.54, 1.807) is 91.0 Å². The third-order valence-corrected chi connectivity index (χ3v) is 5.62. The van der Waals surface area contributed by atoms with E-state index >= 15 is 0 Å². The molecule has 0 aromatic heterocycles. The molecule has 0 aliphatic carbocycles. The van der Waals surface area contributed by atoms with Gasteiger partial charge < -0.3 is 13.7 Å². The second-order valence-electron chi connectivity index (χ2n) is 6.56. The van der Waals surface area contributed by atoms with Gasteiger partial charge in [-0.25, -0.2) is 25.3 Å². The molecule has 0 heterocycles. The van der Waals surface area contributed by atoms with E-state index in [1.807, 2.05) is 0 Å². The van der Waals surface area contributed by atoms with Crippen LogP contribution in [0.3, 0.4) is 0 Å². The summed E-state index contributed by atoms with van der Waals surface area (Å²) in [6.45, 7) is 0. The quantitative estimate of drug-likeness (QED) is 0.275. The largest absolute Gasteiger partial charge is 3.00 e. The molecular weight excluding hydrogens is 689 g/mol. The molecule has 0 spiro atoms. The molecule has 3 aromatic rings. The van der Waals surface area contributed by atoms with Crippen molar-refractivity contribution in [2.75, 3.05) is 0 Å². The maximum absolute atomic E-state index is 10.2. The minimum Gasteiger partial charge on any atom is -0.748 e. The standard InChI is InChI=1S/3C7H8O3S.Au/c3*8-11(9,10)6-7-4-2-1-3-5-7;/h3*1-5H,6H2,(H,8,9,10);/q;;;+3/p-3. The molecule has 0 aliphatic heterocycles. The summed E-state index contributed by atoms with van der Waals surface area (Å²) in [6.07, 6.45) is 0. The Kier molecular flexibility index (Phi) is 14.4. The normalized spacial score (nSPS) is 11.0. The fraction of sp³-hybridized carbons (Fsp3) is 0.143. The van der Waals surface area contributed by atoms with Gasteiger partial charge in [-0.3, -0.25) is 0 Å². The van der Waals surface area contributed by atoms with Gasteiger partial charge in [-0.05, 0) is 16.7 Å². The summed E-state index contributed by atoms with van der Waals surface area (Å²) in [7, 11) is -12.4. The molecule has 3 rings (SSSR count). The summed E-state index contributed by atoms with van der Waals surface area (Å²) in [5, 5.41) is 0. The fourth-order valence-corrected chi connectivity index (χ4v) is 4.14. The molecule has 0 atom stereocenters. The zero-order valence-electron chi connectivity index (χ0n) is 17.5. The van der Waals surface area contributed by atoms with Crippen LogP contribution in [-0.2, 0) is 70.0 Å². The predicted molar refractivity (Wildman–Crippen MR) is 120 cm³/mol. The van der Waals surface area contributed by atoms with Gasteiger partial charge in [0.05, 0.1) is 47.6 Å². The predicted octanol–water partition coefficient (Wildman–Crippen LogP) is 2.19. The number of hydrogen-bond donors (Lipinski definition) is 0. The first-order chi connectivity index (χ1) is 15.2. The van der Waals surface area contributed by atoms with Crippen molar-refractivity contribution in [2.45, 2.75) is 17.3 Å². The van der Waals surface area contributed by atoms with Gasteiger partial charge in [0.1, 0.15) is 0 Å². The molecule has 0 saturated carbocycles. The van der Waals surface area contributed by atoms with E-state index in [-0.39, 0.29) is 22.4 Å². The number of rotatable bonds is 6. The van der Waals surface area contributed by atoms with E-state index in [2.05, 4.69) is 0 Å². The minimum atomic E-state index is -4.13. The second-order valence-corrected chi connectivity index (χ2v) is 10.8. The number of hydrogen-bond acceptors (Lipinski definition) is 9. The van der Waals surface area contributed by atoms with Gasteiger partial charge in [0.25, 0.3) is 0 Å². The summed E-state index contributed by atoms with van der Waals surface area (Å²) in [5.41, 5.74) is 1.59. The summed E-state index contributed by atoms with van der Waals surface area (Å²) in [5.74, 6) is -1.27. The maximum Gasteiger partial charge on any atom is 3.00 e. The van der Waals surface area contributed by atoms with Crippen LogP contribution in [0.15, 0.2) is 91.0 Å². The Hall–Kier alpha value is -1.87. The summed E-state index contributed by atoms with van der Waals surface area (Å²) in [6, 6.07) is 25.1. The molecule has 188 valence electrons. The first-order valence-corrected chi connectivity index (χ1v) is 13.9. The molecule has 0 aliphatic rings. The van der Waals surface area contributed by atoms with Crippen molar-refractivity contribution in [1.29, 1.82) is 0 Å². The van der Waals surface area contributed by atoms with Crippen LogP contribution < -0.4 is 0 Å². The van der Waals surface area contributed by atoms with Crippen molar-refractivity contribution < 1.29 is 61.3 Å². The molecule has 0 saturated heterocycles. The average Bonchev–Trinajstić information content (AvgIpc) is 2.67. The molecule has 0 fully saturated rings. The van der Waals surface area contributed by atoms with Crippen LogP contribution >= 0.6 is 0 Å². The van der Waals surface area contributed by atoms with E-state index in [0.29, 0.717) is 16.7 Å². The van der Waals surface area contributed by atoms with Gasteiger partial charge in [-0.15, -0.1) is 0 Å². The third kappa shape index (κ3) is 18.5. The Morgan fingerprint density at radius 1 is 0.412 bits per heavy atom. The van der Waals surface area contributed by atoms with Crippen molar-refractivity contribution in [3.63, 3.8) is 0 Å². The third-order valence-electron chi connectivity index (χ3n) is 3.56. The van der Waals surface area contributed by atoms with E-state index in [4.69, 9.17) is 0 Å². The zero-order valence-corrected chi connectivity index (χ0v) is 22.1. The topological polar surface area (TPSA) is 172 Å². The summed E-state index contributed by atoms with van der Waals surface area (Å²) in [4.78, 5) is 0. The Morgan fingerprint density at radius 3 is 0.735 bits per heavy atom. The smallest absolute Gasteiger partial charge is 0.748 e. The van der Waals surface area contributed by atoms with E-state index in [1.165, 1.54) is 0 Å². The Bertz CT molecular complexity index is 1120. The fourth-order valence-electron chi connectivity index (χ4n) is 2.34. The van der Waals surface area contributed by atoms with Crippen LogP contribution in [0.5, 0.6) is 0 Å². The van der Waals surface area contributed by atoms with Gasteiger partial charge in [0.2, 0.25) is 0 Å². The van der Waals surface area contributed by atoms with Crippen molar-refractivity contribution in [2.24, 2.45) is 0 Å². The second kappa shape index (κ2) is 15.2. The summed E-state index contributed by atoms with van der Waals surface area (Å²) < 4.78 is 92.2. The molecular formula is C21H21AuO9S3. The van der Waals surface area contributed by atoms with E-state index in [0.717, 1.165) is 0 Å². The van der Waals surface area contributed by atoms with Crippen LogP contribution in [0.4, 0.5) is 0 Å². The van der Waals surface area contributed by atoms with Crippen LogP contribution in [0.25, 0.3) is 0 Å². The van der Waals surface area contributed by atoms with Crippen molar-refractivity contribution >= 4 is 30.4 Å². The Morgan fingerprint density at radius 2 is 0.588 bits per heavy atom. The van der Waals surface area contributed by atoms with Crippen molar-refractivity contribution in [1.82, 2.24) is 0 Å². The number of benzene rings is 3. The van der Waals surface area contributed by atoms with Crippen molar-refractivity contribution in [3.8, 4) is 0 Å². The van der Waals surface area contributed by atoms with Crippen molar-refractivity contribution in [3.05, 3.63) is 108 Å². The first-order valence-electron chi connectivity index (χ1n) is 9.16. The zero-order chi connectivity index (χ0) is 25.0. The molecule has 3 aromatic carbocycles. The van der Waals surface area contributed by atoms with Gasteiger partial charge in [0, 0.05) is 0 Å². The molecule has 0 N–H and O–H groups in total. The van der Waals surface area contributed by atoms with E-state index < -0.39 is 47.6 Å². The Balaban J connectivity index is 0.000000473. The SMILES string of the molecule is O=S(=O)([O-])Cc1ccccc1.O=S(=O)([O-])Cc1ccccc1.O=S(=O)([O-])Cc1ccccc1.[Au+3]. The molecule has 34 heavy (non-hydrogen) atoms. The molecule has 0 unspecified atom stereocenters. The Labute approximate surface area is 215 Å². The molecule has 0 bridgehead atoms. The van der Waals surface area contributed by atoms with Gasteiger partial charge >= 0.3 is 22.4 Å². The average molecular weight is 711 g/mol. The van der Waals surface area contributed by atoms with Crippen LogP contribution in [0, 0.1) is 0 Å². The maximum atomic E-state index is 10.2. The first kappa shape index (κ1) is 32.1. The minimum absolute atomic E-state index is 0. The van der Waals surface area contributed by atoms with Crippen LogP contribution in [0.1, 0.15) is 16.7 Å². The van der Waals surface area contributed by atoms with E-state index in [9.17, 15) is 38.9 Å². The van der Waals surface area contributed by atoms with Crippen LogP contribution in [0.2, 0.25) is 0 Å². The molecule has 0 radical (unpaired) electrons. The molecule has 9 nitrogen and oxygen atoms in total. The van der Waals surface area contributed by atoms with Gasteiger partial charge in [-0.1, -0.05) is 91.0 Å². The van der Waals surface area contributed by atoms with Gasteiger partial charge in [-0.2, -0.15) is 0 Å². The van der Waals surface area contributed by atoms with Crippen LogP contribution in [-0.4, -0.2) is 38.9 Å².